The Kier molecular flexibility index (Phi) is 4.03. The van der Waals surface area contributed by atoms with E-state index in [1.807, 2.05) is 0 Å². The summed E-state index contributed by atoms with van der Waals surface area (Å²) in [5.41, 5.74) is 5.12. The van der Waals surface area contributed by atoms with Crippen LogP contribution in [0, 0.1) is 20.8 Å². The molecule has 0 aliphatic carbocycles. The van der Waals surface area contributed by atoms with Crippen molar-refractivity contribution >= 4 is 0 Å². The van der Waals surface area contributed by atoms with Crippen LogP contribution in [0.2, 0.25) is 0 Å². The molecule has 0 radical (unpaired) electrons. The number of rotatable bonds is 4. The monoisotopic (exact) mass is 240 g/mol. The van der Waals surface area contributed by atoms with Crippen LogP contribution in [0.4, 0.5) is 0 Å². The van der Waals surface area contributed by atoms with E-state index in [0.29, 0.717) is 0 Å². The fourth-order valence-electron chi connectivity index (χ4n) is 2.06. The van der Waals surface area contributed by atoms with Crippen LogP contribution >= 0.6 is 0 Å². The molecule has 94 valence electrons. The third-order valence-corrected chi connectivity index (χ3v) is 2.98. The quantitative estimate of drug-likeness (QED) is 0.777. The standard InChI is InChI=1S/C17H20O/c1-13-4-6-16(7-5-13)8-9-18-17-11-14(2)10-15(3)12-17/h4-7,10-12H,8-9H2,1-3H3. The molecule has 0 aliphatic heterocycles. The second-order valence-corrected chi connectivity index (χ2v) is 4.91. The van der Waals surface area contributed by atoms with Crippen LogP contribution in [0.15, 0.2) is 42.5 Å². The maximum absolute atomic E-state index is 5.80. The fraction of sp³-hybridized carbons (Fsp3) is 0.294. The predicted octanol–water partition coefficient (Wildman–Crippen LogP) is 4.23. The van der Waals surface area contributed by atoms with Gasteiger partial charge in [0.25, 0.3) is 0 Å². The molecule has 0 atom stereocenters. The highest BCUT2D eigenvalue weighted by Crippen LogP contribution is 2.16. The summed E-state index contributed by atoms with van der Waals surface area (Å²) in [6, 6.07) is 15.0. The van der Waals surface area contributed by atoms with Crippen LogP contribution in [0.1, 0.15) is 22.3 Å². The highest BCUT2D eigenvalue weighted by molar-refractivity contribution is 5.33. The summed E-state index contributed by atoms with van der Waals surface area (Å²) in [4.78, 5) is 0. The van der Waals surface area contributed by atoms with Gasteiger partial charge in [-0.05, 0) is 49.6 Å². The van der Waals surface area contributed by atoms with Crippen molar-refractivity contribution in [3.63, 3.8) is 0 Å². The van der Waals surface area contributed by atoms with Gasteiger partial charge in [0.05, 0.1) is 6.61 Å². The average molecular weight is 240 g/mol. The molecule has 0 bridgehead atoms. The van der Waals surface area contributed by atoms with Gasteiger partial charge in [-0.2, -0.15) is 0 Å². The van der Waals surface area contributed by atoms with Crippen LogP contribution in [0.25, 0.3) is 0 Å². The zero-order valence-corrected chi connectivity index (χ0v) is 11.4. The third-order valence-electron chi connectivity index (χ3n) is 2.98. The molecular formula is C17H20O. The van der Waals surface area contributed by atoms with E-state index < -0.39 is 0 Å². The lowest BCUT2D eigenvalue weighted by Gasteiger charge is -2.08. The van der Waals surface area contributed by atoms with Crippen molar-refractivity contribution in [3.8, 4) is 5.75 Å². The Morgan fingerprint density at radius 2 is 1.39 bits per heavy atom. The molecule has 0 N–H and O–H groups in total. The van der Waals surface area contributed by atoms with Crippen molar-refractivity contribution in [2.75, 3.05) is 6.61 Å². The first-order valence-electron chi connectivity index (χ1n) is 6.40. The van der Waals surface area contributed by atoms with Gasteiger partial charge in [-0.15, -0.1) is 0 Å². The molecule has 0 heterocycles. The predicted molar refractivity (Wildman–Crippen MR) is 76.3 cm³/mol. The van der Waals surface area contributed by atoms with Crippen LogP contribution in [-0.2, 0) is 6.42 Å². The Labute approximate surface area is 109 Å². The smallest absolute Gasteiger partial charge is 0.119 e. The van der Waals surface area contributed by atoms with Crippen molar-refractivity contribution in [1.82, 2.24) is 0 Å². The van der Waals surface area contributed by atoms with Gasteiger partial charge in [-0.1, -0.05) is 35.9 Å². The van der Waals surface area contributed by atoms with Gasteiger partial charge in [-0.3, -0.25) is 0 Å². The van der Waals surface area contributed by atoms with Crippen LogP contribution < -0.4 is 4.74 Å². The maximum atomic E-state index is 5.80. The van der Waals surface area contributed by atoms with Gasteiger partial charge in [-0.25, -0.2) is 0 Å². The summed E-state index contributed by atoms with van der Waals surface area (Å²) in [7, 11) is 0. The summed E-state index contributed by atoms with van der Waals surface area (Å²) in [5, 5.41) is 0. The second-order valence-electron chi connectivity index (χ2n) is 4.91. The van der Waals surface area contributed by atoms with Crippen molar-refractivity contribution in [2.24, 2.45) is 0 Å². The lowest BCUT2D eigenvalue weighted by atomic mass is 10.1. The van der Waals surface area contributed by atoms with Crippen molar-refractivity contribution in [1.29, 1.82) is 0 Å². The Balaban J connectivity index is 1.90. The first-order valence-corrected chi connectivity index (χ1v) is 6.40. The summed E-state index contributed by atoms with van der Waals surface area (Å²) in [5.74, 6) is 0.972. The lowest BCUT2D eigenvalue weighted by molar-refractivity contribution is 0.321. The van der Waals surface area contributed by atoms with Gasteiger partial charge < -0.3 is 4.74 Å². The van der Waals surface area contributed by atoms with Gasteiger partial charge in [0.2, 0.25) is 0 Å². The molecule has 0 unspecified atom stereocenters. The number of benzene rings is 2. The van der Waals surface area contributed by atoms with Crippen LogP contribution in [0.5, 0.6) is 5.75 Å². The largest absolute Gasteiger partial charge is 0.493 e. The molecule has 1 heteroatoms. The van der Waals surface area contributed by atoms with Crippen LogP contribution in [-0.4, -0.2) is 6.61 Å². The molecule has 0 aromatic heterocycles. The summed E-state index contributed by atoms with van der Waals surface area (Å²) >= 11 is 0. The van der Waals surface area contributed by atoms with E-state index in [4.69, 9.17) is 4.74 Å². The maximum Gasteiger partial charge on any atom is 0.119 e. The first kappa shape index (κ1) is 12.7. The van der Waals surface area contributed by atoms with E-state index in [9.17, 15) is 0 Å². The molecule has 2 aromatic rings. The Bertz CT molecular complexity index is 491. The molecule has 0 fully saturated rings. The lowest BCUT2D eigenvalue weighted by Crippen LogP contribution is -2.01. The fourth-order valence-corrected chi connectivity index (χ4v) is 2.06. The Morgan fingerprint density at radius 3 is 2.00 bits per heavy atom. The molecule has 1 nitrogen and oxygen atoms in total. The minimum absolute atomic E-state index is 0.728. The van der Waals surface area contributed by atoms with Crippen molar-refractivity contribution in [2.45, 2.75) is 27.2 Å². The highest BCUT2D eigenvalue weighted by Gasteiger charge is 1.98. The number of ether oxygens (including phenoxy) is 1. The van der Waals surface area contributed by atoms with Gasteiger partial charge in [0.1, 0.15) is 5.75 Å². The molecule has 2 aromatic carbocycles. The van der Waals surface area contributed by atoms with E-state index in [-0.39, 0.29) is 0 Å². The van der Waals surface area contributed by atoms with E-state index in [0.717, 1.165) is 18.8 Å². The van der Waals surface area contributed by atoms with Crippen molar-refractivity contribution in [3.05, 3.63) is 64.7 Å². The van der Waals surface area contributed by atoms with Crippen molar-refractivity contribution < 1.29 is 4.74 Å². The number of aryl methyl sites for hydroxylation is 3. The molecule has 2 rings (SSSR count). The highest BCUT2D eigenvalue weighted by atomic mass is 16.5. The molecule has 0 spiro atoms. The van der Waals surface area contributed by atoms with E-state index in [1.165, 1.54) is 22.3 Å². The number of hydrogen-bond acceptors (Lipinski definition) is 1. The summed E-state index contributed by atoms with van der Waals surface area (Å²) < 4.78 is 5.80. The first-order chi connectivity index (χ1) is 8.63. The molecule has 0 saturated heterocycles. The summed E-state index contributed by atoms with van der Waals surface area (Å²) in [6.07, 6.45) is 0.952. The minimum Gasteiger partial charge on any atom is -0.493 e. The van der Waals surface area contributed by atoms with E-state index in [2.05, 4.69) is 63.2 Å². The molecule has 0 saturated carbocycles. The molecule has 0 amide bonds. The third kappa shape index (κ3) is 3.63. The van der Waals surface area contributed by atoms with E-state index >= 15 is 0 Å². The topological polar surface area (TPSA) is 9.23 Å². The normalized spacial score (nSPS) is 10.4. The minimum atomic E-state index is 0.728. The van der Waals surface area contributed by atoms with Gasteiger partial charge in [0.15, 0.2) is 0 Å². The zero-order valence-electron chi connectivity index (χ0n) is 11.4. The molecule has 18 heavy (non-hydrogen) atoms. The average Bonchev–Trinajstić information content (AvgIpc) is 2.30. The SMILES string of the molecule is Cc1ccc(CCOc2cc(C)cc(C)c2)cc1. The zero-order chi connectivity index (χ0) is 13.0. The Hall–Kier alpha value is -1.76. The van der Waals surface area contributed by atoms with Gasteiger partial charge in [0, 0.05) is 6.42 Å². The van der Waals surface area contributed by atoms with E-state index in [1.54, 1.807) is 0 Å². The Morgan fingerprint density at radius 1 is 0.778 bits per heavy atom. The second kappa shape index (κ2) is 5.72. The molecule has 0 aliphatic rings. The molecular weight excluding hydrogens is 220 g/mol. The van der Waals surface area contributed by atoms with Gasteiger partial charge >= 0.3 is 0 Å². The number of hydrogen-bond donors (Lipinski definition) is 0. The van der Waals surface area contributed by atoms with Crippen LogP contribution in [0.3, 0.4) is 0 Å². The summed E-state index contributed by atoms with van der Waals surface area (Å²) in [6.45, 7) is 7.03.